The second kappa shape index (κ2) is 8.47. The molecule has 0 unspecified atom stereocenters. The molecule has 3 rings (SSSR count). The smallest absolute Gasteiger partial charge is 0.317 e. The van der Waals surface area contributed by atoms with E-state index in [9.17, 15) is 14.0 Å². The first-order valence-corrected chi connectivity index (χ1v) is 8.71. The number of hydrogen-bond donors (Lipinski definition) is 1. The Labute approximate surface area is 152 Å². The number of hydrogen-bond acceptors (Lipinski definition) is 2. The van der Waals surface area contributed by atoms with Crippen molar-refractivity contribution >= 4 is 11.9 Å². The summed E-state index contributed by atoms with van der Waals surface area (Å²) in [6.07, 6.45) is 0.250. The van der Waals surface area contributed by atoms with E-state index in [4.69, 9.17) is 0 Å². The van der Waals surface area contributed by atoms with Gasteiger partial charge in [0, 0.05) is 32.7 Å². The Morgan fingerprint density at radius 2 is 1.46 bits per heavy atom. The number of carbonyl (C=O) groups excluding carboxylic acids is 2. The van der Waals surface area contributed by atoms with Crippen LogP contribution in [0.15, 0.2) is 54.6 Å². The molecule has 0 bridgehead atoms. The summed E-state index contributed by atoms with van der Waals surface area (Å²) in [5, 5.41) is 2.91. The number of piperazine rings is 1. The number of amides is 3. The van der Waals surface area contributed by atoms with Crippen LogP contribution in [0, 0.1) is 5.82 Å². The Morgan fingerprint density at radius 3 is 2.12 bits per heavy atom. The molecule has 1 heterocycles. The van der Waals surface area contributed by atoms with E-state index in [0.717, 1.165) is 11.1 Å². The standard InChI is InChI=1S/C20H22FN3O2/c21-18-8-6-16(7-9-18)14-19(25)23-10-12-24(13-11-23)20(26)22-15-17-4-2-1-3-5-17/h1-9H,10-15H2,(H,22,26). The van der Waals surface area contributed by atoms with E-state index in [1.54, 1.807) is 21.9 Å². The first kappa shape index (κ1) is 17.9. The van der Waals surface area contributed by atoms with E-state index >= 15 is 0 Å². The third-order valence-corrected chi connectivity index (χ3v) is 4.47. The molecule has 0 aliphatic carbocycles. The number of rotatable bonds is 4. The van der Waals surface area contributed by atoms with Gasteiger partial charge in [0.1, 0.15) is 5.82 Å². The highest BCUT2D eigenvalue weighted by atomic mass is 19.1. The molecule has 1 saturated heterocycles. The van der Waals surface area contributed by atoms with Gasteiger partial charge in [-0.25, -0.2) is 9.18 Å². The second-order valence-electron chi connectivity index (χ2n) is 6.32. The van der Waals surface area contributed by atoms with Gasteiger partial charge in [0.05, 0.1) is 6.42 Å². The van der Waals surface area contributed by atoms with Crippen LogP contribution in [0.4, 0.5) is 9.18 Å². The first-order valence-electron chi connectivity index (χ1n) is 8.71. The van der Waals surface area contributed by atoms with E-state index in [1.807, 2.05) is 30.3 Å². The van der Waals surface area contributed by atoms with E-state index < -0.39 is 0 Å². The lowest BCUT2D eigenvalue weighted by Crippen LogP contribution is -2.53. The van der Waals surface area contributed by atoms with Crippen LogP contribution in [0.2, 0.25) is 0 Å². The quantitative estimate of drug-likeness (QED) is 0.916. The van der Waals surface area contributed by atoms with Crippen LogP contribution in [0.3, 0.4) is 0 Å². The monoisotopic (exact) mass is 355 g/mol. The topological polar surface area (TPSA) is 52.7 Å². The summed E-state index contributed by atoms with van der Waals surface area (Å²) in [4.78, 5) is 28.1. The van der Waals surface area contributed by atoms with E-state index in [0.29, 0.717) is 32.7 Å². The van der Waals surface area contributed by atoms with Crippen molar-refractivity contribution in [3.63, 3.8) is 0 Å². The minimum atomic E-state index is -0.309. The zero-order valence-electron chi connectivity index (χ0n) is 14.5. The molecule has 1 N–H and O–H groups in total. The largest absolute Gasteiger partial charge is 0.339 e. The number of benzene rings is 2. The van der Waals surface area contributed by atoms with Gasteiger partial charge < -0.3 is 15.1 Å². The number of carbonyl (C=O) groups is 2. The van der Waals surface area contributed by atoms with Crippen molar-refractivity contribution in [2.45, 2.75) is 13.0 Å². The molecule has 3 amide bonds. The minimum absolute atomic E-state index is 0.000881. The molecule has 26 heavy (non-hydrogen) atoms. The lowest BCUT2D eigenvalue weighted by Gasteiger charge is -2.34. The predicted molar refractivity (Wildman–Crippen MR) is 96.9 cm³/mol. The van der Waals surface area contributed by atoms with Crippen molar-refractivity contribution in [3.8, 4) is 0 Å². The highest BCUT2D eigenvalue weighted by molar-refractivity contribution is 5.79. The third-order valence-electron chi connectivity index (χ3n) is 4.47. The Morgan fingerprint density at radius 1 is 0.846 bits per heavy atom. The Balaban J connectivity index is 1.43. The summed E-state index contributed by atoms with van der Waals surface area (Å²) in [5.41, 5.74) is 1.84. The number of nitrogens with one attached hydrogen (secondary N) is 1. The highest BCUT2D eigenvalue weighted by Gasteiger charge is 2.23. The Hall–Kier alpha value is -2.89. The average molecular weight is 355 g/mol. The molecule has 0 aromatic heterocycles. The predicted octanol–water partition coefficient (Wildman–Crippen LogP) is 2.42. The molecule has 2 aromatic rings. The van der Waals surface area contributed by atoms with Gasteiger partial charge in [0.15, 0.2) is 0 Å². The molecule has 1 aliphatic rings. The van der Waals surface area contributed by atoms with Crippen LogP contribution in [-0.4, -0.2) is 47.9 Å². The summed E-state index contributed by atoms with van der Waals surface area (Å²) < 4.78 is 12.9. The lowest BCUT2D eigenvalue weighted by atomic mass is 10.1. The summed E-state index contributed by atoms with van der Waals surface area (Å²) in [6, 6.07) is 15.6. The molecular weight excluding hydrogens is 333 g/mol. The fourth-order valence-corrected chi connectivity index (χ4v) is 2.93. The van der Waals surface area contributed by atoms with Crippen molar-refractivity contribution in [1.82, 2.24) is 15.1 Å². The summed E-state index contributed by atoms with van der Waals surface area (Å²) in [6.45, 7) is 2.53. The van der Waals surface area contributed by atoms with E-state index in [-0.39, 0.29) is 24.2 Å². The van der Waals surface area contributed by atoms with Crippen molar-refractivity contribution < 1.29 is 14.0 Å². The van der Waals surface area contributed by atoms with Gasteiger partial charge in [-0.3, -0.25) is 4.79 Å². The van der Waals surface area contributed by atoms with Crippen LogP contribution in [0.1, 0.15) is 11.1 Å². The molecule has 0 radical (unpaired) electrons. The molecule has 2 aromatic carbocycles. The van der Waals surface area contributed by atoms with Gasteiger partial charge in [-0.05, 0) is 23.3 Å². The van der Waals surface area contributed by atoms with Gasteiger partial charge in [-0.1, -0.05) is 42.5 Å². The van der Waals surface area contributed by atoms with Gasteiger partial charge >= 0.3 is 6.03 Å². The van der Waals surface area contributed by atoms with E-state index in [1.165, 1.54) is 12.1 Å². The first-order chi connectivity index (χ1) is 12.6. The van der Waals surface area contributed by atoms with Gasteiger partial charge in [-0.15, -0.1) is 0 Å². The van der Waals surface area contributed by atoms with Crippen LogP contribution >= 0.6 is 0 Å². The summed E-state index contributed by atoms with van der Waals surface area (Å²) in [5.74, 6) is -0.308. The lowest BCUT2D eigenvalue weighted by molar-refractivity contribution is -0.131. The molecule has 0 saturated carbocycles. The van der Waals surface area contributed by atoms with Gasteiger partial charge in [-0.2, -0.15) is 0 Å². The molecular formula is C20H22FN3O2. The Bertz CT molecular complexity index is 741. The van der Waals surface area contributed by atoms with Gasteiger partial charge in [0.2, 0.25) is 5.91 Å². The third kappa shape index (κ3) is 4.81. The zero-order valence-corrected chi connectivity index (χ0v) is 14.5. The molecule has 6 heteroatoms. The number of urea groups is 1. The van der Waals surface area contributed by atoms with E-state index in [2.05, 4.69) is 5.32 Å². The van der Waals surface area contributed by atoms with Crippen LogP contribution in [0.5, 0.6) is 0 Å². The maximum atomic E-state index is 12.9. The average Bonchev–Trinajstić information content (AvgIpc) is 2.69. The molecule has 1 aliphatic heterocycles. The molecule has 1 fully saturated rings. The minimum Gasteiger partial charge on any atom is -0.339 e. The number of halogens is 1. The van der Waals surface area contributed by atoms with Crippen LogP contribution in [-0.2, 0) is 17.8 Å². The molecule has 5 nitrogen and oxygen atoms in total. The normalized spacial score (nSPS) is 14.2. The van der Waals surface area contributed by atoms with Crippen LogP contribution in [0.25, 0.3) is 0 Å². The molecule has 0 atom stereocenters. The summed E-state index contributed by atoms with van der Waals surface area (Å²) >= 11 is 0. The maximum absolute atomic E-state index is 12.9. The van der Waals surface area contributed by atoms with Crippen LogP contribution < -0.4 is 5.32 Å². The van der Waals surface area contributed by atoms with Crippen molar-refractivity contribution in [2.24, 2.45) is 0 Å². The fourth-order valence-electron chi connectivity index (χ4n) is 2.93. The molecule has 0 spiro atoms. The summed E-state index contributed by atoms with van der Waals surface area (Å²) in [7, 11) is 0. The van der Waals surface area contributed by atoms with Crippen molar-refractivity contribution in [1.29, 1.82) is 0 Å². The highest BCUT2D eigenvalue weighted by Crippen LogP contribution is 2.09. The van der Waals surface area contributed by atoms with Crippen molar-refractivity contribution in [3.05, 3.63) is 71.5 Å². The SMILES string of the molecule is O=C(Cc1ccc(F)cc1)N1CCN(C(=O)NCc2ccccc2)CC1. The second-order valence-corrected chi connectivity index (χ2v) is 6.32. The molecule has 136 valence electrons. The fraction of sp³-hybridized carbons (Fsp3) is 0.300. The Kier molecular flexibility index (Phi) is 5.84. The maximum Gasteiger partial charge on any atom is 0.317 e. The number of nitrogens with zero attached hydrogens (tertiary/aromatic N) is 2. The van der Waals surface area contributed by atoms with Crippen molar-refractivity contribution in [2.75, 3.05) is 26.2 Å². The zero-order chi connectivity index (χ0) is 18.4. The van der Waals surface area contributed by atoms with Gasteiger partial charge in [0.25, 0.3) is 0 Å².